The topological polar surface area (TPSA) is 11.3 Å². The number of rotatable bonds is 4. The van der Waals surface area contributed by atoms with Gasteiger partial charge in [-0.2, -0.15) is 0 Å². The fourth-order valence-electron chi connectivity index (χ4n) is 3.67. The summed E-state index contributed by atoms with van der Waals surface area (Å²) in [6, 6.07) is 40.4. The summed E-state index contributed by atoms with van der Waals surface area (Å²) in [5.41, 5.74) is 6.88. The number of halogens is 2. The Kier molecular flexibility index (Phi) is 6.37. The lowest BCUT2D eigenvalue weighted by Gasteiger charge is -2.05. The van der Waals surface area contributed by atoms with E-state index in [1.54, 1.807) is 0 Å². The van der Waals surface area contributed by atoms with Crippen LogP contribution in [-0.2, 0) is 0 Å². The molecule has 0 aliphatic heterocycles. The van der Waals surface area contributed by atoms with Gasteiger partial charge in [-0.3, -0.25) is 0 Å². The van der Waals surface area contributed by atoms with Crippen LogP contribution >= 0.6 is 45.2 Å². The quantitative estimate of drug-likeness (QED) is 0.141. The molecule has 0 bridgehead atoms. The summed E-state index contributed by atoms with van der Waals surface area (Å²) in [5.74, 6) is 1.72. The zero-order valence-electron chi connectivity index (χ0n) is 17.1. The fraction of sp³-hybridized carbons (Fsp3) is 0. The molecular formula is C29H19I2O+. The van der Waals surface area contributed by atoms with Crippen molar-refractivity contribution < 1.29 is 4.42 Å². The molecule has 0 unspecified atom stereocenters. The largest absolute Gasteiger partial charge is 0.361 e. The summed E-state index contributed by atoms with van der Waals surface area (Å²) in [4.78, 5) is 0. The Balaban J connectivity index is 1.60. The second kappa shape index (κ2) is 9.55. The molecule has 0 N–H and O–H groups in total. The monoisotopic (exact) mass is 637 g/mol. The summed E-state index contributed by atoms with van der Waals surface area (Å²) in [6.45, 7) is 0. The summed E-state index contributed by atoms with van der Waals surface area (Å²) < 4.78 is 8.79. The van der Waals surface area contributed by atoms with Crippen LogP contribution in [0.1, 0.15) is 0 Å². The molecule has 1 aromatic heterocycles. The van der Waals surface area contributed by atoms with Crippen molar-refractivity contribution >= 4 is 45.2 Å². The van der Waals surface area contributed by atoms with Crippen molar-refractivity contribution in [2.45, 2.75) is 0 Å². The first-order valence-corrected chi connectivity index (χ1v) is 12.5. The molecule has 0 radical (unpaired) electrons. The van der Waals surface area contributed by atoms with Crippen LogP contribution in [0.3, 0.4) is 0 Å². The van der Waals surface area contributed by atoms with Crippen LogP contribution in [0.2, 0.25) is 0 Å². The maximum Gasteiger partial charge on any atom is 0.361 e. The van der Waals surface area contributed by atoms with Gasteiger partial charge in [-0.1, -0.05) is 54.6 Å². The second-order valence-corrected chi connectivity index (χ2v) is 10.0. The van der Waals surface area contributed by atoms with E-state index >= 15 is 0 Å². The van der Waals surface area contributed by atoms with E-state index in [0.717, 1.165) is 28.2 Å². The molecule has 1 heterocycles. The minimum absolute atomic E-state index is 0.861. The normalized spacial score (nSPS) is 10.8. The van der Waals surface area contributed by atoms with Crippen molar-refractivity contribution in [3.05, 3.63) is 122 Å². The van der Waals surface area contributed by atoms with Crippen LogP contribution in [0.5, 0.6) is 0 Å². The first kappa shape index (κ1) is 21.3. The Morgan fingerprint density at radius 2 is 0.750 bits per heavy atom. The zero-order valence-corrected chi connectivity index (χ0v) is 21.4. The summed E-state index contributed by atoms with van der Waals surface area (Å²) in [5, 5.41) is 0. The van der Waals surface area contributed by atoms with Gasteiger partial charge in [0.25, 0.3) is 0 Å². The van der Waals surface area contributed by atoms with Crippen LogP contribution < -0.4 is 0 Å². The molecule has 0 aliphatic rings. The molecule has 0 saturated heterocycles. The highest BCUT2D eigenvalue weighted by atomic mass is 127. The van der Waals surface area contributed by atoms with E-state index in [-0.39, 0.29) is 0 Å². The molecule has 0 spiro atoms. The minimum atomic E-state index is 0.861. The summed E-state index contributed by atoms with van der Waals surface area (Å²) in [7, 11) is 0. The standard InChI is InChI=1S/C29H19I2O/c30-26-14-10-23(11-15-26)28-18-25(19-29(32-28)24-12-16-27(31)17-13-24)22-8-6-21(7-9-22)20-4-2-1-3-5-20/h1-19H/q+1. The molecule has 1 nitrogen and oxygen atoms in total. The van der Waals surface area contributed by atoms with E-state index < -0.39 is 0 Å². The molecule has 0 amide bonds. The second-order valence-electron chi connectivity index (χ2n) is 7.53. The predicted octanol–water partition coefficient (Wildman–Crippen LogP) is 9.44. The Morgan fingerprint density at radius 3 is 1.22 bits per heavy atom. The highest BCUT2D eigenvalue weighted by molar-refractivity contribution is 14.1. The molecule has 0 atom stereocenters. The van der Waals surface area contributed by atoms with Gasteiger partial charge in [0.1, 0.15) is 0 Å². The van der Waals surface area contributed by atoms with Crippen LogP contribution in [0, 0.1) is 7.14 Å². The van der Waals surface area contributed by atoms with E-state index in [9.17, 15) is 0 Å². The van der Waals surface area contributed by atoms with Gasteiger partial charge in [-0.05, 0) is 110 Å². The lowest BCUT2D eigenvalue weighted by molar-refractivity contribution is 0.582. The van der Waals surface area contributed by atoms with E-state index in [1.807, 2.05) is 6.07 Å². The third kappa shape index (κ3) is 4.79. The lowest BCUT2D eigenvalue weighted by atomic mass is 9.98. The maximum atomic E-state index is 6.38. The molecular weight excluding hydrogens is 618 g/mol. The van der Waals surface area contributed by atoms with Gasteiger partial charge in [-0.15, -0.1) is 0 Å². The Morgan fingerprint density at radius 1 is 0.375 bits per heavy atom. The first-order chi connectivity index (χ1) is 15.7. The van der Waals surface area contributed by atoms with Crippen molar-refractivity contribution in [3.8, 4) is 44.9 Å². The van der Waals surface area contributed by atoms with Crippen LogP contribution in [0.4, 0.5) is 0 Å². The van der Waals surface area contributed by atoms with E-state index in [0.29, 0.717) is 0 Å². The van der Waals surface area contributed by atoms with Gasteiger partial charge in [0, 0.05) is 12.7 Å². The lowest BCUT2D eigenvalue weighted by Crippen LogP contribution is -1.87. The molecule has 0 saturated carbocycles. The van der Waals surface area contributed by atoms with Crippen LogP contribution in [0.25, 0.3) is 44.9 Å². The van der Waals surface area contributed by atoms with Crippen molar-refractivity contribution in [1.29, 1.82) is 0 Å². The minimum Gasteiger partial charge on any atom is -0.207 e. The van der Waals surface area contributed by atoms with Gasteiger partial charge >= 0.3 is 11.5 Å². The Labute approximate surface area is 215 Å². The van der Waals surface area contributed by atoms with Crippen LogP contribution in [0.15, 0.2) is 120 Å². The van der Waals surface area contributed by atoms with Crippen molar-refractivity contribution in [2.75, 3.05) is 0 Å². The number of hydrogen-bond acceptors (Lipinski definition) is 0. The molecule has 4 aromatic carbocycles. The summed E-state index contributed by atoms with van der Waals surface area (Å²) >= 11 is 4.65. The third-order valence-electron chi connectivity index (χ3n) is 5.38. The van der Waals surface area contributed by atoms with Gasteiger partial charge in [0.2, 0.25) is 0 Å². The Bertz CT molecular complexity index is 1280. The average Bonchev–Trinajstić information content (AvgIpc) is 2.85. The average molecular weight is 637 g/mol. The fourth-order valence-corrected chi connectivity index (χ4v) is 4.39. The SMILES string of the molecule is Ic1ccc(-c2cc(-c3ccc(-c4ccccc4)cc3)cc(-c3ccc(I)cc3)[o+]2)cc1. The van der Waals surface area contributed by atoms with E-state index in [1.165, 1.54) is 23.8 Å². The van der Waals surface area contributed by atoms with Gasteiger partial charge in [-0.25, -0.2) is 4.42 Å². The molecule has 0 aliphatic carbocycles. The van der Waals surface area contributed by atoms with Gasteiger partial charge < -0.3 is 0 Å². The number of benzene rings is 4. The van der Waals surface area contributed by atoms with E-state index in [4.69, 9.17) is 4.42 Å². The predicted molar refractivity (Wildman–Crippen MR) is 150 cm³/mol. The smallest absolute Gasteiger partial charge is 0.207 e. The molecule has 5 aromatic rings. The molecule has 32 heavy (non-hydrogen) atoms. The van der Waals surface area contributed by atoms with Crippen molar-refractivity contribution in [1.82, 2.24) is 0 Å². The van der Waals surface area contributed by atoms with Gasteiger partial charge in [0.05, 0.1) is 23.3 Å². The molecule has 5 rings (SSSR count). The van der Waals surface area contributed by atoms with Gasteiger partial charge in [0.15, 0.2) is 0 Å². The highest BCUT2D eigenvalue weighted by Gasteiger charge is 2.20. The Hall–Kier alpha value is -2.51. The van der Waals surface area contributed by atoms with Crippen molar-refractivity contribution in [3.63, 3.8) is 0 Å². The zero-order chi connectivity index (χ0) is 21.9. The first-order valence-electron chi connectivity index (χ1n) is 10.3. The molecule has 154 valence electrons. The number of hydrogen-bond donors (Lipinski definition) is 0. The van der Waals surface area contributed by atoms with E-state index in [2.05, 4.69) is 154 Å². The molecule has 3 heteroatoms. The van der Waals surface area contributed by atoms with Crippen LogP contribution in [-0.4, -0.2) is 0 Å². The molecule has 0 fully saturated rings. The maximum absolute atomic E-state index is 6.38. The highest BCUT2D eigenvalue weighted by Crippen LogP contribution is 2.34. The summed E-state index contributed by atoms with van der Waals surface area (Å²) in [6.07, 6.45) is 0. The third-order valence-corrected chi connectivity index (χ3v) is 6.81. The van der Waals surface area contributed by atoms with Crippen molar-refractivity contribution in [2.24, 2.45) is 0 Å².